The van der Waals surface area contributed by atoms with Crippen molar-refractivity contribution in [2.45, 2.75) is 45.1 Å². The number of aromatic nitrogens is 1. The Bertz CT molecular complexity index is 290. The van der Waals surface area contributed by atoms with Crippen molar-refractivity contribution in [2.24, 2.45) is 5.92 Å². The highest BCUT2D eigenvalue weighted by Gasteiger charge is 2.17. The van der Waals surface area contributed by atoms with Crippen LogP contribution >= 0.6 is 0 Å². The Kier molecular flexibility index (Phi) is 3.78. The van der Waals surface area contributed by atoms with Gasteiger partial charge in [-0.25, -0.2) is 4.98 Å². The van der Waals surface area contributed by atoms with Crippen molar-refractivity contribution in [1.29, 1.82) is 0 Å². The minimum Gasteiger partial charge on any atom is -0.448 e. The van der Waals surface area contributed by atoms with Crippen LogP contribution in [-0.2, 0) is 13.0 Å². The van der Waals surface area contributed by atoms with Crippen LogP contribution in [0.1, 0.15) is 43.6 Å². The zero-order valence-corrected chi connectivity index (χ0v) is 9.46. The second-order valence-corrected chi connectivity index (χ2v) is 4.46. The van der Waals surface area contributed by atoms with E-state index in [2.05, 4.69) is 10.3 Å². The van der Waals surface area contributed by atoms with Crippen molar-refractivity contribution in [3.8, 4) is 0 Å². The predicted octanol–water partition coefficient (Wildman–Crippen LogP) is 2.52. The summed E-state index contributed by atoms with van der Waals surface area (Å²) in [6.45, 7) is 0.818. The van der Waals surface area contributed by atoms with Crippen LogP contribution in [0.5, 0.6) is 0 Å². The second kappa shape index (κ2) is 5.31. The molecule has 1 aromatic heterocycles. The maximum Gasteiger partial charge on any atom is 0.181 e. The van der Waals surface area contributed by atoms with Gasteiger partial charge in [0.2, 0.25) is 0 Å². The molecule has 0 atom stereocenters. The third-order valence-electron chi connectivity index (χ3n) is 3.27. The minimum atomic E-state index is 0.818. The lowest BCUT2D eigenvalue weighted by molar-refractivity contribution is 0.332. The molecule has 3 heteroatoms. The summed E-state index contributed by atoms with van der Waals surface area (Å²) in [5.74, 6) is 1.92. The summed E-state index contributed by atoms with van der Waals surface area (Å²) < 4.78 is 5.47. The lowest BCUT2D eigenvalue weighted by atomic mass is 9.86. The van der Waals surface area contributed by atoms with Gasteiger partial charge in [-0.2, -0.15) is 0 Å². The van der Waals surface area contributed by atoms with Crippen LogP contribution in [0, 0.1) is 5.92 Å². The first kappa shape index (κ1) is 10.7. The molecule has 3 nitrogen and oxygen atoms in total. The van der Waals surface area contributed by atoms with E-state index in [4.69, 9.17) is 4.42 Å². The molecule has 0 amide bonds. The fraction of sp³-hybridized carbons (Fsp3) is 0.750. The SMILES string of the molecule is CNCc1ncoc1CC1CCCCC1. The van der Waals surface area contributed by atoms with E-state index in [1.807, 2.05) is 7.05 Å². The highest BCUT2D eigenvalue weighted by Crippen LogP contribution is 2.27. The number of nitrogens with zero attached hydrogens (tertiary/aromatic N) is 1. The number of oxazole rings is 1. The summed E-state index contributed by atoms with van der Waals surface area (Å²) in [6.07, 6.45) is 9.57. The van der Waals surface area contributed by atoms with E-state index in [9.17, 15) is 0 Å². The van der Waals surface area contributed by atoms with Gasteiger partial charge < -0.3 is 9.73 Å². The van der Waals surface area contributed by atoms with Crippen LogP contribution in [0.3, 0.4) is 0 Å². The van der Waals surface area contributed by atoms with Crippen LogP contribution in [-0.4, -0.2) is 12.0 Å². The molecule has 1 saturated carbocycles. The summed E-state index contributed by atoms with van der Waals surface area (Å²) in [5, 5.41) is 3.13. The third kappa shape index (κ3) is 2.81. The Labute approximate surface area is 91.3 Å². The normalized spacial score (nSPS) is 18.2. The van der Waals surface area contributed by atoms with Crippen molar-refractivity contribution in [3.05, 3.63) is 17.8 Å². The predicted molar refractivity (Wildman–Crippen MR) is 59.5 cm³/mol. The monoisotopic (exact) mass is 208 g/mol. The smallest absolute Gasteiger partial charge is 0.181 e. The van der Waals surface area contributed by atoms with Crippen LogP contribution in [0.15, 0.2) is 10.8 Å². The van der Waals surface area contributed by atoms with Gasteiger partial charge in [0, 0.05) is 13.0 Å². The van der Waals surface area contributed by atoms with Crippen molar-refractivity contribution < 1.29 is 4.42 Å². The van der Waals surface area contributed by atoms with Crippen LogP contribution in [0.25, 0.3) is 0 Å². The average molecular weight is 208 g/mol. The molecule has 1 aromatic rings. The molecule has 0 saturated heterocycles. The van der Waals surface area contributed by atoms with Crippen molar-refractivity contribution >= 4 is 0 Å². The number of hydrogen-bond acceptors (Lipinski definition) is 3. The number of nitrogens with one attached hydrogen (secondary N) is 1. The van der Waals surface area contributed by atoms with E-state index in [1.165, 1.54) is 32.1 Å². The van der Waals surface area contributed by atoms with Gasteiger partial charge >= 0.3 is 0 Å². The Morgan fingerprint density at radius 2 is 2.20 bits per heavy atom. The third-order valence-corrected chi connectivity index (χ3v) is 3.27. The molecule has 0 unspecified atom stereocenters. The molecular formula is C12H20N2O. The van der Waals surface area contributed by atoms with Gasteiger partial charge in [-0.3, -0.25) is 0 Å². The lowest BCUT2D eigenvalue weighted by Gasteiger charge is -2.20. The maximum absolute atomic E-state index is 5.47. The Morgan fingerprint density at radius 3 is 2.93 bits per heavy atom. The van der Waals surface area contributed by atoms with Crippen molar-refractivity contribution in [2.75, 3.05) is 7.05 Å². The molecule has 0 bridgehead atoms. The van der Waals surface area contributed by atoms with Gasteiger partial charge in [0.25, 0.3) is 0 Å². The molecule has 1 fully saturated rings. The quantitative estimate of drug-likeness (QED) is 0.826. The Hall–Kier alpha value is -0.830. The lowest BCUT2D eigenvalue weighted by Crippen LogP contribution is -2.12. The van der Waals surface area contributed by atoms with Crippen LogP contribution in [0.2, 0.25) is 0 Å². The van der Waals surface area contributed by atoms with Gasteiger partial charge in [0.1, 0.15) is 5.76 Å². The molecule has 0 spiro atoms. The first-order valence-electron chi connectivity index (χ1n) is 5.96. The van der Waals surface area contributed by atoms with Crippen LogP contribution < -0.4 is 5.32 Å². The molecule has 15 heavy (non-hydrogen) atoms. The molecule has 1 N–H and O–H groups in total. The molecule has 84 valence electrons. The highest BCUT2D eigenvalue weighted by atomic mass is 16.3. The summed E-state index contributed by atoms with van der Waals surface area (Å²) in [7, 11) is 1.94. The Morgan fingerprint density at radius 1 is 1.40 bits per heavy atom. The molecule has 1 heterocycles. The van der Waals surface area contributed by atoms with E-state index in [-0.39, 0.29) is 0 Å². The zero-order valence-electron chi connectivity index (χ0n) is 9.46. The molecular weight excluding hydrogens is 188 g/mol. The molecule has 0 radical (unpaired) electrons. The maximum atomic E-state index is 5.47. The minimum absolute atomic E-state index is 0.818. The van der Waals surface area contributed by atoms with Gasteiger partial charge in [0.15, 0.2) is 6.39 Å². The van der Waals surface area contributed by atoms with Gasteiger partial charge in [-0.15, -0.1) is 0 Å². The fourth-order valence-electron chi connectivity index (χ4n) is 2.42. The van der Waals surface area contributed by atoms with Crippen molar-refractivity contribution in [1.82, 2.24) is 10.3 Å². The first-order chi connectivity index (χ1) is 7.40. The Balaban J connectivity index is 1.93. The average Bonchev–Trinajstić information content (AvgIpc) is 2.68. The summed E-state index contributed by atoms with van der Waals surface area (Å²) >= 11 is 0. The van der Waals surface area contributed by atoms with E-state index >= 15 is 0 Å². The summed E-state index contributed by atoms with van der Waals surface area (Å²) in [6, 6.07) is 0. The standard InChI is InChI=1S/C12H20N2O/c1-13-8-11-12(15-9-14-11)7-10-5-3-2-4-6-10/h9-10,13H,2-8H2,1H3. The number of hydrogen-bond donors (Lipinski definition) is 1. The zero-order chi connectivity index (χ0) is 10.5. The van der Waals surface area contributed by atoms with Crippen LogP contribution in [0.4, 0.5) is 0 Å². The van der Waals surface area contributed by atoms with Gasteiger partial charge in [0.05, 0.1) is 5.69 Å². The van der Waals surface area contributed by atoms with E-state index in [1.54, 1.807) is 6.39 Å². The molecule has 0 aliphatic heterocycles. The summed E-state index contributed by atoms with van der Waals surface area (Å²) in [4.78, 5) is 4.24. The largest absolute Gasteiger partial charge is 0.448 e. The molecule has 0 aromatic carbocycles. The topological polar surface area (TPSA) is 38.1 Å². The highest BCUT2D eigenvalue weighted by molar-refractivity contribution is 5.07. The molecule has 1 aliphatic rings. The van der Waals surface area contributed by atoms with E-state index < -0.39 is 0 Å². The van der Waals surface area contributed by atoms with E-state index in [0.29, 0.717) is 0 Å². The molecule has 1 aliphatic carbocycles. The van der Waals surface area contributed by atoms with Gasteiger partial charge in [-0.05, 0) is 13.0 Å². The summed E-state index contributed by atoms with van der Waals surface area (Å²) in [5.41, 5.74) is 1.09. The molecule has 2 rings (SSSR count). The number of rotatable bonds is 4. The fourth-order valence-corrected chi connectivity index (χ4v) is 2.42. The van der Waals surface area contributed by atoms with E-state index in [0.717, 1.165) is 30.3 Å². The van der Waals surface area contributed by atoms with Gasteiger partial charge in [-0.1, -0.05) is 32.1 Å². The first-order valence-corrected chi connectivity index (χ1v) is 5.96. The second-order valence-electron chi connectivity index (χ2n) is 4.46. The van der Waals surface area contributed by atoms with Crippen molar-refractivity contribution in [3.63, 3.8) is 0 Å².